The molecule has 1 unspecified atom stereocenters. The van der Waals surface area contributed by atoms with Crippen LogP contribution in [0.25, 0.3) is 0 Å². The fourth-order valence-corrected chi connectivity index (χ4v) is 1.96. The Labute approximate surface area is 113 Å². The number of anilines is 1. The summed E-state index contributed by atoms with van der Waals surface area (Å²) in [7, 11) is 0. The second-order valence-corrected chi connectivity index (χ2v) is 4.55. The van der Waals surface area contributed by atoms with Crippen molar-refractivity contribution in [2.24, 2.45) is 0 Å². The Bertz CT molecular complexity index is 558. The van der Waals surface area contributed by atoms with Gasteiger partial charge in [0.15, 0.2) is 0 Å². The van der Waals surface area contributed by atoms with E-state index in [-0.39, 0.29) is 0 Å². The van der Waals surface area contributed by atoms with Crippen LogP contribution in [0.3, 0.4) is 0 Å². The van der Waals surface area contributed by atoms with Crippen LogP contribution >= 0.6 is 0 Å². The fraction of sp³-hybridized carbons (Fsp3) is 0.250. The number of nitrogens with zero attached hydrogens (tertiary/aromatic N) is 2. The molecule has 0 saturated heterocycles. The molecule has 0 fully saturated rings. The number of pyridine rings is 1. The Morgan fingerprint density at radius 1 is 1.16 bits per heavy atom. The maximum absolute atomic E-state index is 8.78. The van der Waals surface area contributed by atoms with Gasteiger partial charge in [-0.25, -0.2) is 4.98 Å². The van der Waals surface area contributed by atoms with E-state index in [4.69, 9.17) is 5.26 Å². The fourth-order valence-electron chi connectivity index (χ4n) is 1.96. The number of rotatable bonds is 5. The molecule has 2 aromatic rings. The van der Waals surface area contributed by atoms with Gasteiger partial charge in [0, 0.05) is 6.54 Å². The molecule has 0 spiro atoms. The first-order valence-electron chi connectivity index (χ1n) is 6.45. The van der Waals surface area contributed by atoms with Crippen LogP contribution in [0.4, 0.5) is 5.82 Å². The maximum atomic E-state index is 8.78. The average Bonchev–Trinajstić information content (AvgIpc) is 2.48. The molecule has 3 nitrogen and oxygen atoms in total. The number of hydrogen-bond acceptors (Lipinski definition) is 3. The van der Waals surface area contributed by atoms with Crippen molar-refractivity contribution in [1.29, 1.82) is 5.26 Å². The summed E-state index contributed by atoms with van der Waals surface area (Å²) in [5, 5.41) is 12.0. The minimum absolute atomic E-state index is 0.445. The molecule has 1 atom stereocenters. The zero-order chi connectivity index (χ0) is 13.5. The molecule has 1 aromatic heterocycles. The lowest BCUT2D eigenvalue weighted by molar-refractivity contribution is 0.705. The molecule has 0 radical (unpaired) electrons. The summed E-state index contributed by atoms with van der Waals surface area (Å²) < 4.78 is 0. The van der Waals surface area contributed by atoms with Gasteiger partial charge in [-0.15, -0.1) is 0 Å². The normalized spacial score (nSPS) is 11.6. The van der Waals surface area contributed by atoms with Gasteiger partial charge in [-0.1, -0.05) is 43.3 Å². The van der Waals surface area contributed by atoms with Crippen molar-refractivity contribution in [1.82, 2.24) is 4.98 Å². The standard InChI is InChI=1S/C16H17N3/c1-13(14-6-3-2-4-7-14)10-11-18-16-9-5-8-15(12-17)19-16/h2-9,13H,10-11H2,1H3,(H,18,19). The van der Waals surface area contributed by atoms with Crippen molar-refractivity contribution in [3.63, 3.8) is 0 Å². The van der Waals surface area contributed by atoms with E-state index in [0.29, 0.717) is 11.6 Å². The summed E-state index contributed by atoms with van der Waals surface area (Å²) in [5.41, 5.74) is 1.80. The molecule has 2 rings (SSSR count). The minimum Gasteiger partial charge on any atom is -0.370 e. The first-order valence-corrected chi connectivity index (χ1v) is 6.45. The quantitative estimate of drug-likeness (QED) is 0.884. The molecule has 0 aliphatic carbocycles. The van der Waals surface area contributed by atoms with Crippen LogP contribution in [0, 0.1) is 11.3 Å². The minimum atomic E-state index is 0.445. The van der Waals surface area contributed by atoms with Crippen molar-refractivity contribution in [3.05, 3.63) is 59.8 Å². The monoisotopic (exact) mass is 251 g/mol. The Morgan fingerprint density at radius 2 is 1.95 bits per heavy atom. The van der Waals surface area contributed by atoms with Crippen molar-refractivity contribution in [2.45, 2.75) is 19.3 Å². The summed E-state index contributed by atoms with van der Waals surface area (Å²) in [6, 6.07) is 17.9. The van der Waals surface area contributed by atoms with Crippen LogP contribution in [0.2, 0.25) is 0 Å². The zero-order valence-corrected chi connectivity index (χ0v) is 11.0. The first-order chi connectivity index (χ1) is 9.29. The number of benzene rings is 1. The Morgan fingerprint density at radius 3 is 2.68 bits per heavy atom. The number of nitriles is 1. The number of aromatic nitrogens is 1. The van der Waals surface area contributed by atoms with Gasteiger partial charge in [0.2, 0.25) is 0 Å². The van der Waals surface area contributed by atoms with Crippen LogP contribution in [0.5, 0.6) is 0 Å². The van der Waals surface area contributed by atoms with E-state index in [1.165, 1.54) is 5.56 Å². The van der Waals surface area contributed by atoms with Crippen LogP contribution in [0.1, 0.15) is 30.5 Å². The van der Waals surface area contributed by atoms with Gasteiger partial charge in [-0.2, -0.15) is 5.26 Å². The second kappa shape index (κ2) is 6.55. The van der Waals surface area contributed by atoms with Crippen molar-refractivity contribution >= 4 is 5.82 Å². The highest BCUT2D eigenvalue weighted by molar-refractivity contribution is 5.38. The van der Waals surface area contributed by atoms with E-state index in [1.807, 2.05) is 24.3 Å². The highest BCUT2D eigenvalue weighted by atomic mass is 15.0. The lowest BCUT2D eigenvalue weighted by Crippen LogP contribution is -2.07. The first kappa shape index (κ1) is 13.1. The second-order valence-electron chi connectivity index (χ2n) is 4.55. The Balaban J connectivity index is 1.85. The van der Waals surface area contributed by atoms with Crippen molar-refractivity contribution in [3.8, 4) is 6.07 Å². The van der Waals surface area contributed by atoms with Crippen LogP contribution < -0.4 is 5.32 Å². The molecule has 1 aromatic carbocycles. The molecular formula is C16H17N3. The third-order valence-corrected chi connectivity index (χ3v) is 3.12. The molecule has 0 aliphatic heterocycles. The molecule has 0 saturated carbocycles. The highest BCUT2D eigenvalue weighted by Gasteiger charge is 2.04. The van der Waals surface area contributed by atoms with Gasteiger partial charge < -0.3 is 5.32 Å². The van der Waals surface area contributed by atoms with Gasteiger partial charge in [0.1, 0.15) is 17.6 Å². The maximum Gasteiger partial charge on any atom is 0.142 e. The van der Waals surface area contributed by atoms with E-state index in [2.05, 4.69) is 41.5 Å². The van der Waals surface area contributed by atoms with E-state index < -0.39 is 0 Å². The predicted octanol–water partition coefficient (Wildman–Crippen LogP) is 3.56. The third kappa shape index (κ3) is 3.82. The molecule has 0 aliphatic rings. The number of nitrogens with one attached hydrogen (secondary N) is 1. The molecule has 0 bridgehead atoms. The zero-order valence-electron chi connectivity index (χ0n) is 11.0. The molecule has 0 amide bonds. The summed E-state index contributed by atoms with van der Waals surface area (Å²) in [6.45, 7) is 3.06. The molecule has 19 heavy (non-hydrogen) atoms. The van der Waals surface area contributed by atoms with E-state index >= 15 is 0 Å². The van der Waals surface area contributed by atoms with Gasteiger partial charge in [-0.3, -0.25) is 0 Å². The smallest absolute Gasteiger partial charge is 0.142 e. The summed E-state index contributed by atoms with van der Waals surface area (Å²) in [4.78, 5) is 4.19. The van der Waals surface area contributed by atoms with E-state index in [0.717, 1.165) is 18.8 Å². The Kier molecular flexibility index (Phi) is 4.52. The van der Waals surface area contributed by atoms with Gasteiger partial charge >= 0.3 is 0 Å². The van der Waals surface area contributed by atoms with Crippen LogP contribution in [-0.2, 0) is 0 Å². The van der Waals surface area contributed by atoms with Crippen LogP contribution in [0.15, 0.2) is 48.5 Å². The number of hydrogen-bond donors (Lipinski definition) is 1. The summed E-state index contributed by atoms with van der Waals surface area (Å²) in [6.07, 6.45) is 1.03. The predicted molar refractivity (Wildman–Crippen MR) is 76.9 cm³/mol. The molecule has 1 N–H and O–H groups in total. The third-order valence-electron chi connectivity index (χ3n) is 3.12. The Hall–Kier alpha value is -2.34. The molecule has 96 valence electrons. The average molecular weight is 251 g/mol. The molecular weight excluding hydrogens is 234 g/mol. The van der Waals surface area contributed by atoms with E-state index in [1.54, 1.807) is 6.07 Å². The summed E-state index contributed by atoms with van der Waals surface area (Å²) >= 11 is 0. The van der Waals surface area contributed by atoms with Crippen LogP contribution in [-0.4, -0.2) is 11.5 Å². The largest absolute Gasteiger partial charge is 0.370 e. The lowest BCUT2D eigenvalue weighted by Gasteiger charge is -2.12. The topological polar surface area (TPSA) is 48.7 Å². The molecule has 1 heterocycles. The van der Waals surface area contributed by atoms with Gasteiger partial charge in [0.05, 0.1) is 0 Å². The van der Waals surface area contributed by atoms with Crippen molar-refractivity contribution in [2.75, 3.05) is 11.9 Å². The van der Waals surface area contributed by atoms with Gasteiger partial charge in [0.25, 0.3) is 0 Å². The lowest BCUT2D eigenvalue weighted by atomic mass is 9.98. The van der Waals surface area contributed by atoms with Crippen molar-refractivity contribution < 1.29 is 0 Å². The van der Waals surface area contributed by atoms with Gasteiger partial charge in [-0.05, 0) is 30.0 Å². The SMILES string of the molecule is CC(CCNc1cccc(C#N)n1)c1ccccc1. The summed E-state index contributed by atoms with van der Waals surface area (Å²) in [5.74, 6) is 1.27. The highest BCUT2D eigenvalue weighted by Crippen LogP contribution is 2.18. The van der Waals surface area contributed by atoms with E-state index in [9.17, 15) is 0 Å². The molecule has 3 heteroatoms.